The fourth-order valence-electron chi connectivity index (χ4n) is 3.27. The number of sulfonamides is 1. The highest BCUT2D eigenvalue weighted by Gasteiger charge is 2.30. The van der Waals surface area contributed by atoms with Crippen LogP contribution in [0.5, 0.6) is 0 Å². The van der Waals surface area contributed by atoms with E-state index in [4.69, 9.17) is 11.6 Å². The van der Waals surface area contributed by atoms with Crippen molar-refractivity contribution in [1.82, 2.24) is 9.62 Å². The van der Waals surface area contributed by atoms with Crippen molar-refractivity contribution in [3.05, 3.63) is 20.8 Å². The summed E-state index contributed by atoms with van der Waals surface area (Å²) in [6.07, 6.45) is 4.02. The third-order valence-electron chi connectivity index (χ3n) is 4.50. The molecule has 1 N–H and O–H groups in total. The Bertz CT molecular complexity index is 606. The van der Waals surface area contributed by atoms with Crippen LogP contribution in [0.2, 0.25) is 4.34 Å². The molecule has 0 spiro atoms. The first-order chi connectivity index (χ1) is 9.99. The summed E-state index contributed by atoms with van der Waals surface area (Å²) in [4.78, 5) is 1.41. The van der Waals surface area contributed by atoms with E-state index in [0.29, 0.717) is 25.2 Å². The zero-order chi connectivity index (χ0) is 15.0. The molecule has 0 bridgehead atoms. The van der Waals surface area contributed by atoms with Gasteiger partial charge < -0.3 is 5.32 Å². The van der Waals surface area contributed by atoms with E-state index in [1.807, 2.05) is 0 Å². The molecule has 1 aromatic heterocycles. The fourth-order valence-corrected chi connectivity index (χ4v) is 5.76. The van der Waals surface area contributed by atoms with Crippen LogP contribution >= 0.6 is 22.9 Å². The van der Waals surface area contributed by atoms with E-state index in [1.165, 1.54) is 10.4 Å². The van der Waals surface area contributed by atoms with Gasteiger partial charge in [0.25, 0.3) is 0 Å². The molecule has 0 radical (unpaired) electrons. The molecule has 1 saturated heterocycles. The third-order valence-corrected chi connectivity index (χ3v) is 7.72. The first-order valence-corrected chi connectivity index (χ1v) is 10.3. The Morgan fingerprint density at radius 1 is 1.38 bits per heavy atom. The summed E-state index contributed by atoms with van der Waals surface area (Å²) in [5.74, 6) is 0.199. The molecule has 1 fully saturated rings. The molecular weight excluding hydrogens is 328 g/mol. The number of hydrogen-bond acceptors (Lipinski definition) is 4. The van der Waals surface area contributed by atoms with Crippen LogP contribution in [0.3, 0.4) is 0 Å². The number of hydrogen-bond donors (Lipinski definition) is 1. The van der Waals surface area contributed by atoms with Gasteiger partial charge in [0.1, 0.15) is 0 Å². The highest BCUT2D eigenvalue weighted by atomic mass is 35.5. The Kier molecular flexibility index (Phi) is 4.62. The summed E-state index contributed by atoms with van der Waals surface area (Å²) in [5.41, 5.74) is 1.36. The molecule has 21 heavy (non-hydrogen) atoms. The first kappa shape index (κ1) is 15.7. The summed E-state index contributed by atoms with van der Waals surface area (Å²) in [7, 11) is -3.03. The van der Waals surface area contributed by atoms with Gasteiger partial charge in [-0.05, 0) is 44.2 Å². The molecule has 1 unspecified atom stereocenters. The summed E-state index contributed by atoms with van der Waals surface area (Å²) < 4.78 is 26.2. The maximum absolute atomic E-state index is 11.9. The molecule has 118 valence electrons. The number of rotatable bonds is 4. The van der Waals surface area contributed by atoms with E-state index in [1.54, 1.807) is 22.6 Å². The normalized spacial score (nSPS) is 24.4. The number of halogens is 1. The molecule has 4 nitrogen and oxygen atoms in total. The predicted molar refractivity (Wildman–Crippen MR) is 87.6 cm³/mol. The standard InChI is InChI=1S/C14H21ClN2O2S2/c1-2-21(18,19)17-7-5-10(6-8-17)16-12-3-4-13-11(12)9-14(15)20-13/h9-10,12,16H,2-8H2,1H3. The lowest BCUT2D eigenvalue weighted by Gasteiger charge is -2.33. The van der Waals surface area contributed by atoms with Crippen molar-refractivity contribution in [1.29, 1.82) is 0 Å². The number of thiophene rings is 1. The SMILES string of the molecule is CCS(=O)(=O)N1CCC(NC2CCc3sc(Cl)cc32)CC1. The second-order valence-corrected chi connectivity index (χ2v) is 9.79. The Labute approximate surface area is 135 Å². The van der Waals surface area contributed by atoms with Crippen molar-refractivity contribution in [3.63, 3.8) is 0 Å². The number of piperidine rings is 1. The van der Waals surface area contributed by atoms with Crippen molar-refractivity contribution in [2.45, 2.75) is 44.7 Å². The van der Waals surface area contributed by atoms with Crippen molar-refractivity contribution in [3.8, 4) is 0 Å². The summed E-state index contributed by atoms with van der Waals surface area (Å²) in [5, 5.41) is 3.70. The van der Waals surface area contributed by atoms with Gasteiger partial charge in [-0.2, -0.15) is 0 Å². The van der Waals surface area contributed by atoms with Gasteiger partial charge in [0.2, 0.25) is 10.0 Å². The molecule has 1 atom stereocenters. The van der Waals surface area contributed by atoms with Crippen LogP contribution in [0.1, 0.15) is 42.7 Å². The van der Waals surface area contributed by atoms with E-state index >= 15 is 0 Å². The highest BCUT2D eigenvalue weighted by Crippen LogP contribution is 2.39. The third kappa shape index (κ3) is 3.29. The predicted octanol–water partition coefficient (Wildman–Crippen LogP) is 2.79. The fraction of sp³-hybridized carbons (Fsp3) is 0.714. The lowest BCUT2D eigenvalue weighted by Crippen LogP contribution is -2.45. The molecule has 7 heteroatoms. The molecular formula is C14H21ClN2O2S2. The summed E-state index contributed by atoms with van der Waals surface area (Å²) in [6.45, 7) is 2.98. The zero-order valence-corrected chi connectivity index (χ0v) is 14.5. The van der Waals surface area contributed by atoms with E-state index in [9.17, 15) is 8.42 Å². The van der Waals surface area contributed by atoms with E-state index in [-0.39, 0.29) is 5.75 Å². The average Bonchev–Trinajstić information content (AvgIpc) is 3.00. The quantitative estimate of drug-likeness (QED) is 0.910. The Morgan fingerprint density at radius 3 is 2.76 bits per heavy atom. The average molecular weight is 349 g/mol. The smallest absolute Gasteiger partial charge is 0.213 e. The summed E-state index contributed by atoms with van der Waals surface area (Å²) in [6, 6.07) is 2.88. The van der Waals surface area contributed by atoms with Gasteiger partial charge in [-0.3, -0.25) is 0 Å². The van der Waals surface area contributed by atoms with Crippen LogP contribution < -0.4 is 5.32 Å². The zero-order valence-electron chi connectivity index (χ0n) is 12.1. The lowest BCUT2D eigenvalue weighted by atomic mass is 10.0. The van der Waals surface area contributed by atoms with Crippen molar-refractivity contribution in [2.24, 2.45) is 0 Å². The topological polar surface area (TPSA) is 49.4 Å². The molecule has 2 aliphatic rings. The molecule has 1 aliphatic carbocycles. The van der Waals surface area contributed by atoms with E-state index in [0.717, 1.165) is 30.0 Å². The van der Waals surface area contributed by atoms with Gasteiger partial charge in [0.05, 0.1) is 10.1 Å². The molecule has 3 rings (SSSR count). The van der Waals surface area contributed by atoms with Gasteiger partial charge in [0, 0.05) is 30.1 Å². The van der Waals surface area contributed by atoms with Crippen LogP contribution in [-0.2, 0) is 16.4 Å². The molecule has 0 aromatic carbocycles. The number of nitrogens with one attached hydrogen (secondary N) is 1. The molecule has 1 aliphatic heterocycles. The van der Waals surface area contributed by atoms with Gasteiger partial charge in [-0.1, -0.05) is 11.6 Å². The molecule has 2 heterocycles. The minimum Gasteiger partial charge on any atom is -0.307 e. The maximum Gasteiger partial charge on any atom is 0.213 e. The number of aryl methyl sites for hydroxylation is 1. The second kappa shape index (κ2) is 6.16. The van der Waals surface area contributed by atoms with Crippen molar-refractivity contribution < 1.29 is 8.42 Å². The van der Waals surface area contributed by atoms with Gasteiger partial charge in [-0.25, -0.2) is 12.7 Å². The monoisotopic (exact) mass is 348 g/mol. The minimum absolute atomic E-state index is 0.199. The largest absolute Gasteiger partial charge is 0.307 e. The van der Waals surface area contributed by atoms with Gasteiger partial charge >= 0.3 is 0 Å². The Morgan fingerprint density at radius 2 is 2.10 bits per heavy atom. The molecule has 0 saturated carbocycles. The highest BCUT2D eigenvalue weighted by molar-refractivity contribution is 7.89. The van der Waals surface area contributed by atoms with Crippen molar-refractivity contribution >= 4 is 33.0 Å². The maximum atomic E-state index is 11.9. The van der Waals surface area contributed by atoms with Crippen LogP contribution in [0.4, 0.5) is 0 Å². The van der Waals surface area contributed by atoms with Crippen LogP contribution in [0, 0.1) is 0 Å². The van der Waals surface area contributed by atoms with Gasteiger partial charge in [-0.15, -0.1) is 11.3 Å². The molecule has 0 amide bonds. The van der Waals surface area contributed by atoms with Crippen LogP contribution in [0.15, 0.2) is 6.07 Å². The molecule has 1 aromatic rings. The van der Waals surface area contributed by atoms with Crippen LogP contribution in [-0.4, -0.2) is 37.6 Å². The van der Waals surface area contributed by atoms with E-state index < -0.39 is 10.0 Å². The Balaban J connectivity index is 1.57. The van der Waals surface area contributed by atoms with Crippen molar-refractivity contribution in [2.75, 3.05) is 18.8 Å². The summed E-state index contributed by atoms with van der Waals surface area (Å²) >= 11 is 7.78. The minimum atomic E-state index is -3.03. The lowest BCUT2D eigenvalue weighted by molar-refractivity contribution is 0.273. The van der Waals surface area contributed by atoms with Gasteiger partial charge in [0.15, 0.2) is 0 Å². The first-order valence-electron chi connectivity index (χ1n) is 7.51. The van der Waals surface area contributed by atoms with Crippen LogP contribution in [0.25, 0.3) is 0 Å². The number of nitrogens with zero attached hydrogens (tertiary/aromatic N) is 1. The van der Waals surface area contributed by atoms with E-state index in [2.05, 4.69) is 11.4 Å². The Hall–Kier alpha value is -0.140. The second-order valence-electron chi connectivity index (χ2n) is 5.76. The number of fused-ring (bicyclic) bond motifs is 1.